The fraction of sp³-hybridized carbons (Fsp3) is 0. The van der Waals surface area contributed by atoms with Crippen LogP contribution < -0.4 is 5.73 Å². The maximum absolute atomic E-state index is 13.3. The molecule has 21 heavy (non-hydrogen) atoms. The summed E-state index contributed by atoms with van der Waals surface area (Å²) >= 11 is 4.69. The van der Waals surface area contributed by atoms with E-state index in [0.717, 1.165) is 32.4 Å². The van der Waals surface area contributed by atoms with Crippen LogP contribution in [0.3, 0.4) is 0 Å². The number of benzene rings is 2. The summed E-state index contributed by atoms with van der Waals surface area (Å²) in [5.41, 5.74) is 7.27. The Kier molecular flexibility index (Phi) is 3.82. The number of aromatic nitrogens is 1. The van der Waals surface area contributed by atoms with Gasteiger partial charge in [-0.3, -0.25) is 4.98 Å². The molecule has 3 rings (SSSR count). The van der Waals surface area contributed by atoms with Crippen LogP contribution in [0.25, 0.3) is 10.9 Å². The molecule has 0 bridgehead atoms. The Labute approximate surface area is 132 Å². The predicted molar refractivity (Wildman–Crippen MR) is 84.3 cm³/mol. The summed E-state index contributed by atoms with van der Waals surface area (Å²) < 4.78 is 27.2. The lowest BCUT2D eigenvalue weighted by Crippen LogP contribution is -1.93. The standard InChI is InChI=1S/C15H9BrF2N2S/c16-8-1-4-14-10(5-8)15(13(19)7-20-14)21-9-2-3-11(17)12(18)6-9/h1-7H,19H2. The van der Waals surface area contributed by atoms with Crippen LogP contribution in [0.1, 0.15) is 0 Å². The van der Waals surface area contributed by atoms with Crippen molar-refractivity contribution in [1.29, 1.82) is 0 Å². The van der Waals surface area contributed by atoms with Gasteiger partial charge in [0.05, 0.1) is 17.4 Å². The minimum absolute atomic E-state index is 0.496. The van der Waals surface area contributed by atoms with Gasteiger partial charge in [-0.1, -0.05) is 27.7 Å². The number of pyridine rings is 1. The molecule has 0 aliphatic heterocycles. The van der Waals surface area contributed by atoms with E-state index in [9.17, 15) is 8.78 Å². The molecule has 0 radical (unpaired) electrons. The van der Waals surface area contributed by atoms with Crippen molar-refractivity contribution < 1.29 is 8.78 Å². The van der Waals surface area contributed by atoms with Crippen LogP contribution in [0.2, 0.25) is 0 Å². The molecule has 6 heteroatoms. The second kappa shape index (κ2) is 5.61. The van der Waals surface area contributed by atoms with Crippen LogP contribution in [0.4, 0.5) is 14.5 Å². The number of anilines is 1. The third-order valence-electron chi connectivity index (χ3n) is 2.92. The van der Waals surface area contributed by atoms with Gasteiger partial charge in [0.2, 0.25) is 0 Å². The molecular formula is C15H9BrF2N2S. The third-order valence-corrected chi connectivity index (χ3v) is 4.56. The Morgan fingerprint density at radius 3 is 2.62 bits per heavy atom. The Hall–Kier alpha value is -1.66. The summed E-state index contributed by atoms with van der Waals surface area (Å²) in [7, 11) is 0. The monoisotopic (exact) mass is 366 g/mol. The molecule has 0 atom stereocenters. The molecule has 0 amide bonds. The summed E-state index contributed by atoms with van der Waals surface area (Å²) in [5, 5.41) is 0.860. The highest BCUT2D eigenvalue weighted by molar-refractivity contribution is 9.10. The Bertz CT molecular complexity index is 834. The van der Waals surface area contributed by atoms with Gasteiger partial charge in [0.15, 0.2) is 11.6 Å². The number of rotatable bonds is 2. The summed E-state index contributed by atoms with van der Waals surface area (Å²) in [6.07, 6.45) is 1.57. The van der Waals surface area contributed by atoms with E-state index < -0.39 is 11.6 Å². The van der Waals surface area contributed by atoms with Crippen molar-refractivity contribution in [2.75, 3.05) is 5.73 Å². The maximum Gasteiger partial charge on any atom is 0.159 e. The van der Waals surface area contributed by atoms with Gasteiger partial charge in [-0.05, 0) is 36.4 Å². The smallest absolute Gasteiger partial charge is 0.159 e. The van der Waals surface area contributed by atoms with Gasteiger partial charge >= 0.3 is 0 Å². The number of hydrogen-bond donors (Lipinski definition) is 1. The second-order valence-electron chi connectivity index (χ2n) is 4.38. The summed E-state index contributed by atoms with van der Waals surface area (Å²) in [5.74, 6) is -1.74. The highest BCUT2D eigenvalue weighted by Gasteiger charge is 2.11. The van der Waals surface area contributed by atoms with Gasteiger partial charge in [-0.2, -0.15) is 0 Å². The lowest BCUT2D eigenvalue weighted by molar-refractivity contribution is 0.506. The summed E-state index contributed by atoms with van der Waals surface area (Å²) in [6, 6.07) is 9.44. The van der Waals surface area contributed by atoms with Crippen LogP contribution in [-0.4, -0.2) is 4.98 Å². The predicted octanol–water partition coefficient (Wildman–Crippen LogP) is 5.01. The van der Waals surface area contributed by atoms with Gasteiger partial charge in [-0.15, -0.1) is 0 Å². The van der Waals surface area contributed by atoms with Crippen molar-refractivity contribution in [3.8, 4) is 0 Å². The topological polar surface area (TPSA) is 38.9 Å². The van der Waals surface area contributed by atoms with E-state index in [4.69, 9.17) is 5.73 Å². The van der Waals surface area contributed by atoms with E-state index in [1.54, 1.807) is 6.20 Å². The molecule has 0 saturated carbocycles. The molecule has 0 fully saturated rings. The first-order chi connectivity index (χ1) is 10.0. The molecule has 1 aromatic heterocycles. The Morgan fingerprint density at radius 1 is 1.05 bits per heavy atom. The zero-order valence-electron chi connectivity index (χ0n) is 10.6. The van der Waals surface area contributed by atoms with E-state index in [1.165, 1.54) is 17.8 Å². The Balaban J connectivity index is 2.12. The highest BCUT2D eigenvalue weighted by atomic mass is 79.9. The largest absolute Gasteiger partial charge is 0.397 e. The quantitative estimate of drug-likeness (QED) is 0.692. The van der Waals surface area contributed by atoms with E-state index in [1.807, 2.05) is 18.2 Å². The first-order valence-corrected chi connectivity index (χ1v) is 7.62. The zero-order valence-corrected chi connectivity index (χ0v) is 13.0. The van der Waals surface area contributed by atoms with E-state index in [-0.39, 0.29) is 0 Å². The number of nitrogens with zero attached hydrogens (tertiary/aromatic N) is 1. The number of fused-ring (bicyclic) bond motifs is 1. The molecular weight excluding hydrogens is 358 g/mol. The lowest BCUT2D eigenvalue weighted by atomic mass is 10.2. The fourth-order valence-corrected chi connectivity index (χ4v) is 3.27. The normalized spacial score (nSPS) is 11.0. The van der Waals surface area contributed by atoms with Crippen molar-refractivity contribution in [3.05, 3.63) is 58.7 Å². The van der Waals surface area contributed by atoms with Crippen molar-refractivity contribution in [2.24, 2.45) is 0 Å². The first-order valence-electron chi connectivity index (χ1n) is 6.01. The van der Waals surface area contributed by atoms with Crippen molar-refractivity contribution in [2.45, 2.75) is 9.79 Å². The Morgan fingerprint density at radius 2 is 1.86 bits per heavy atom. The SMILES string of the molecule is Nc1cnc2ccc(Br)cc2c1Sc1ccc(F)c(F)c1. The minimum atomic E-state index is -0.877. The molecule has 2 aromatic carbocycles. The fourth-order valence-electron chi connectivity index (χ4n) is 1.93. The van der Waals surface area contributed by atoms with Crippen LogP contribution in [0, 0.1) is 11.6 Å². The van der Waals surface area contributed by atoms with Crippen LogP contribution in [0.15, 0.2) is 56.9 Å². The zero-order chi connectivity index (χ0) is 15.0. The number of nitrogen functional groups attached to an aromatic ring is 1. The molecule has 0 saturated heterocycles. The number of nitrogens with two attached hydrogens (primary N) is 1. The molecule has 106 valence electrons. The van der Waals surface area contributed by atoms with Crippen molar-refractivity contribution in [1.82, 2.24) is 4.98 Å². The average Bonchev–Trinajstić information content (AvgIpc) is 2.46. The van der Waals surface area contributed by atoms with Crippen molar-refractivity contribution >= 4 is 44.3 Å². The van der Waals surface area contributed by atoms with Crippen molar-refractivity contribution in [3.63, 3.8) is 0 Å². The van der Waals surface area contributed by atoms with Gasteiger partial charge < -0.3 is 5.73 Å². The van der Waals surface area contributed by atoms with Crippen LogP contribution in [-0.2, 0) is 0 Å². The maximum atomic E-state index is 13.3. The second-order valence-corrected chi connectivity index (χ2v) is 6.38. The lowest BCUT2D eigenvalue weighted by Gasteiger charge is -2.09. The first kappa shape index (κ1) is 14.3. The van der Waals surface area contributed by atoms with Crippen LogP contribution in [0.5, 0.6) is 0 Å². The van der Waals surface area contributed by atoms with Gasteiger partial charge in [0.25, 0.3) is 0 Å². The van der Waals surface area contributed by atoms with Gasteiger partial charge in [0, 0.05) is 19.6 Å². The van der Waals surface area contributed by atoms with Gasteiger partial charge in [-0.25, -0.2) is 8.78 Å². The molecule has 3 aromatic rings. The molecule has 0 spiro atoms. The highest BCUT2D eigenvalue weighted by Crippen LogP contribution is 2.38. The summed E-state index contributed by atoms with van der Waals surface area (Å²) in [4.78, 5) is 5.61. The third kappa shape index (κ3) is 2.87. The van der Waals surface area contributed by atoms with Gasteiger partial charge in [0.1, 0.15) is 0 Å². The molecule has 0 aliphatic carbocycles. The van der Waals surface area contributed by atoms with E-state index in [0.29, 0.717) is 10.6 Å². The molecule has 0 aliphatic rings. The number of hydrogen-bond acceptors (Lipinski definition) is 3. The molecule has 1 heterocycles. The average molecular weight is 367 g/mol. The van der Waals surface area contributed by atoms with Crippen LogP contribution >= 0.6 is 27.7 Å². The van der Waals surface area contributed by atoms with E-state index >= 15 is 0 Å². The molecule has 2 nitrogen and oxygen atoms in total. The minimum Gasteiger partial charge on any atom is -0.397 e. The number of halogens is 3. The van der Waals surface area contributed by atoms with E-state index in [2.05, 4.69) is 20.9 Å². The molecule has 2 N–H and O–H groups in total. The summed E-state index contributed by atoms with van der Waals surface area (Å²) in [6.45, 7) is 0. The molecule has 0 unspecified atom stereocenters.